The SMILES string of the molecule is COc1cccc(CO[C@H](CN2CCN(S(=O)(=O)c3c(C)noc3C)CC2)c2ccc(Cl)cc2)c1. The second kappa shape index (κ2) is 11.1. The first-order valence-corrected chi connectivity index (χ1v) is 13.2. The van der Waals surface area contributed by atoms with Crippen LogP contribution in [0.15, 0.2) is 57.9 Å². The average molecular weight is 520 g/mol. The standard InChI is InChI=1S/C25H30ClN3O5S/c1-18-25(19(2)34-27-18)35(30,31)29-13-11-28(12-14-29)16-24(21-7-9-22(26)10-8-21)33-17-20-5-4-6-23(15-20)32-3/h4-10,15,24H,11-14,16-17H2,1-3H3/t24-/m1/s1. The van der Waals surface area contributed by atoms with E-state index in [9.17, 15) is 8.42 Å². The molecule has 1 aliphatic rings. The van der Waals surface area contributed by atoms with Gasteiger partial charge in [0.25, 0.3) is 0 Å². The normalized spacial score (nSPS) is 16.3. The van der Waals surface area contributed by atoms with Crippen molar-refractivity contribution in [3.05, 3.63) is 76.1 Å². The van der Waals surface area contributed by atoms with Crippen LogP contribution >= 0.6 is 11.6 Å². The van der Waals surface area contributed by atoms with Gasteiger partial charge in [-0.2, -0.15) is 4.31 Å². The van der Waals surface area contributed by atoms with Crippen molar-refractivity contribution in [1.82, 2.24) is 14.4 Å². The summed E-state index contributed by atoms with van der Waals surface area (Å²) in [4.78, 5) is 2.40. The fourth-order valence-electron chi connectivity index (χ4n) is 4.25. The number of hydrogen-bond donors (Lipinski definition) is 0. The Morgan fingerprint density at radius 1 is 1.09 bits per heavy atom. The lowest BCUT2D eigenvalue weighted by Crippen LogP contribution is -2.49. The van der Waals surface area contributed by atoms with E-state index in [1.54, 1.807) is 21.0 Å². The minimum atomic E-state index is -3.65. The first-order chi connectivity index (χ1) is 16.8. The van der Waals surface area contributed by atoms with Gasteiger partial charge in [0.15, 0.2) is 5.76 Å². The summed E-state index contributed by atoms with van der Waals surface area (Å²) in [7, 11) is -2.01. The van der Waals surface area contributed by atoms with Gasteiger partial charge in [-0.1, -0.05) is 41.0 Å². The quantitative estimate of drug-likeness (QED) is 0.418. The van der Waals surface area contributed by atoms with Crippen LogP contribution in [-0.2, 0) is 21.4 Å². The van der Waals surface area contributed by atoms with Crippen molar-refractivity contribution in [3.63, 3.8) is 0 Å². The van der Waals surface area contributed by atoms with Gasteiger partial charge in [-0.15, -0.1) is 0 Å². The molecule has 10 heteroatoms. The molecule has 35 heavy (non-hydrogen) atoms. The largest absolute Gasteiger partial charge is 0.497 e. The van der Waals surface area contributed by atoms with Crippen molar-refractivity contribution < 1.29 is 22.4 Å². The van der Waals surface area contributed by atoms with Gasteiger partial charge in [-0.05, 0) is 49.2 Å². The Morgan fingerprint density at radius 3 is 2.43 bits per heavy atom. The van der Waals surface area contributed by atoms with E-state index in [0.717, 1.165) is 16.9 Å². The van der Waals surface area contributed by atoms with Crippen LogP contribution in [0.1, 0.15) is 28.7 Å². The minimum absolute atomic E-state index is 0.173. The van der Waals surface area contributed by atoms with Gasteiger partial charge in [0.05, 0.1) is 19.8 Å². The molecule has 0 radical (unpaired) electrons. The lowest BCUT2D eigenvalue weighted by Gasteiger charge is -2.35. The van der Waals surface area contributed by atoms with E-state index in [-0.39, 0.29) is 11.0 Å². The highest BCUT2D eigenvalue weighted by molar-refractivity contribution is 7.89. The van der Waals surface area contributed by atoms with Gasteiger partial charge in [-0.25, -0.2) is 8.42 Å². The molecule has 1 aromatic heterocycles. The van der Waals surface area contributed by atoms with Gasteiger partial charge >= 0.3 is 0 Å². The van der Waals surface area contributed by atoms with Gasteiger partial charge < -0.3 is 14.0 Å². The van der Waals surface area contributed by atoms with Crippen molar-refractivity contribution >= 4 is 21.6 Å². The third-order valence-electron chi connectivity index (χ3n) is 6.15. The number of hydrogen-bond acceptors (Lipinski definition) is 7. The molecule has 4 rings (SSSR count). The van der Waals surface area contributed by atoms with Gasteiger partial charge in [0.2, 0.25) is 10.0 Å². The molecule has 188 valence electrons. The summed E-state index contributed by atoms with van der Waals surface area (Å²) in [6.45, 7) is 6.28. The Kier molecular flexibility index (Phi) is 8.13. The van der Waals surface area contributed by atoms with Gasteiger partial charge in [-0.3, -0.25) is 4.90 Å². The predicted octanol–water partition coefficient (Wildman–Crippen LogP) is 4.22. The van der Waals surface area contributed by atoms with E-state index in [4.69, 9.17) is 25.6 Å². The number of sulfonamides is 1. The molecule has 0 unspecified atom stereocenters. The minimum Gasteiger partial charge on any atom is -0.497 e. The highest BCUT2D eigenvalue weighted by atomic mass is 35.5. The molecule has 1 fully saturated rings. The lowest BCUT2D eigenvalue weighted by molar-refractivity contribution is 0.00767. The Morgan fingerprint density at radius 2 is 1.80 bits per heavy atom. The molecule has 8 nitrogen and oxygen atoms in total. The molecule has 0 aliphatic carbocycles. The number of methoxy groups -OCH3 is 1. The van der Waals surface area contributed by atoms with Crippen LogP contribution in [0.25, 0.3) is 0 Å². The summed E-state index contributed by atoms with van der Waals surface area (Å²) in [6.07, 6.45) is -0.204. The molecule has 1 aliphatic heterocycles. The number of ether oxygens (including phenoxy) is 2. The van der Waals surface area contributed by atoms with E-state index >= 15 is 0 Å². The maximum atomic E-state index is 13.1. The van der Waals surface area contributed by atoms with E-state index in [0.29, 0.717) is 55.8 Å². The number of nitrogens with zero attached hydrogens (tertiary/aromatic N) is 3. The van der Waals surface area contributed by atoms with Crippen LogP contribution in [0.3, 0.4) is 0 Å². The molecule has 1 saturated heterocycles. The average Bonchev–Trinajstić information content (AvgIpc) is 3.21. The Balaban J connectivity index is 1.43. The number of rotatable bonds is 9. The second-order valence-corrected chi connectivity index (χ2v) is 10.9. The zero-order chi connectivity index (χ0) is 25.0. The molecule has 2 heterocycles. The smallest absolute Gasteiger partial charge is 0.248 e. The molecule has 0 bridgehead atoms. The number of aromatic nitrogens is 1. The van der Waals surface area contributed by atoms with Gasteiger partial charge in [0.1, 0.15) is 16.3 Å². The topological polar surface area (TPSA) is 85.1 Å². The number of aryl methyl sites for hydroxylation is 2. The van der Waals surface area contributed by atoms with Crippen molar-refractivity contribution in [2.75, 3.05) is 39.8 Å². The summed E-state index contributed by atoms with van der Waals surface area (Å²) < 4.78 is 44.5. The number of benzene rings is 2. The highest BCUT2D eigenvalue weighted by Gasteiger charge is 2.33. The summed E-state index contributed by atoms with van der Waals surface area (Å²) >= 11 is 6.10. The molecular formula is C25H30ClN3O5S. The maximum Gasteiger partial charge on any atom is 0.248 e. The van der Waals surface area contributed by atoms with Crippen LogP contribution < -0.4 is 4.74 Å². The van der Waals surface area contributed by atoms with Crippen LogP contribution in [0.5, 0.6) is 5.75 Å². The molecule has 0 saturated carbocycles. The van der Waals surface area contributed by atoms with Gasteiger partial charge in [0, 0.05) is 37.7 Å². The molecule has 0 amide bonds. The van der Waals surface area contributed by atoms with E-state index in [1.807, 2.05) is 48.5 Å². The van der Waals surface area contributed by atoms with E-state index in [2.05, 4.69) is 10.1 Å². The summed E-state index contributed by atoms with van der Waals surface area (Å²) in [6, 6.07) is 15.4. The van der Waals surface area contributed by atoms with Crippen LogP contribution in [0, 0.1) is 13.8 Å². The predicted molar refractivity (Wildman–Crippen MR) is 133 cm³/mol. The molecule has 0 spiro atoms. The first kappa shape index (κ1) is 25.7. The molecule has 0 N–H and O–H groups in total. The second-order valence-electron chi connectivity index (χ2n) is 8.56. The van der Waals surface area contributed by atoms with E-state index in [1.165, 1.54) is 4.31 Å². The van der Waals surface area contributed by atoms with Crippen molar-refractivity contribution in [2.24, 2.45) is 0 Å². The van der Waals surface area contributed by atoms with Crippen molar-refractivity contribution in [1.29, 1.82) is 0 Å². The maximum absolute atomic E-state index is 13.1. The lowest BCUT2D eigenvalue weighted by atomic mass is 10.1. The van der Waals surface area contributed by atoms with Crippen molar-refractivity contribution in [3.8, 4) is 5.75 Å². The summed E-state index contributed by atoms with van der Waals surface area (Å²) in [5.41, 5.74) is 2.42. The summed E-state index contributed by atoms with van der Waals surface area (Å²) in [5, 5.41) is 4.47. The fourth-order valence-corrected chi connectivity index (χ4v) is 6.09. The molecule has 1 atom stereocenters. The molecule has 3 aromatic rings. The first-order valence-electron chi connectivity index (χ1n) is 11.4. The summed E-state index contributed by atoms with van der Waals surface area (Å²) in [5.74, 6) is 1.10. The highest BCUT2D eigenvalue weighted by Crippen LogP contribution is 2.27. The zero-order valence-electron chi connectivity index (χ0n) is 20.1. The molecular weight excluding hydrogens is 490 g/mol. The van der Waals surface area contributed by atoms with Crippen LogP contribution in [0.4, 0.5) is 0 Å². The fraction of sp³-hybridized carbons (Fsp3) is 0.400. The Bertz CT molecular complexity index is 1220. The molecule has 2 aromatic carbocycles. The number of piperazine rings is 1. The third-order valence-corrected chi connectivity index (χ3v) is 8.54. The van der Waals surface area contributed by atoms with Crippen LogP contribution in [-0.4, -0.2) is 62.6 Å². The zero-order valence-corrected chi connectivity index (χ0v) is 21.7. The third kappa shape index (κ3) is 6.05. The monoisotopic (exact) mass is 519 g/mol. The Hall–Kier alpha value is -2.43. The van der Waals surface area contributed by atoms with Crippen LogP contribution in [0.2, 0.25) is 5.02 Å². The van der Waals surface area contributed by atoms with Crippen molar-refractivity contribution in [2.45, 2.75) is 31.5 Å². The van der Waals surface area contributed by atoms with E-state index < -0.39 is 10.0 Å². The number of halogens is 1. The Labute approximate surface area is 211 Å².